The Labute approximate surface area is 129 Å². The molecule has 0 unspecified atom stereocenters. The van der Waals surface area contributed by atoms with Crippen LogP contribution in [0.2, 0.25) is 10.0 Å². The molecule has 2 N–H and O–H groups in total. The lowest BCUT2D eigenvalue weighted by atomic mass is 10.3. The molecule has 0 heterocycles. The SMILES string of the molecule is O=C(CNc1cc(F)ccc1F)Nc1c(Cl)cccc1Cl. The van der Waals surface area contributed by atoms with E-state index in [9.17, 15) is 13.6 Å². The van der Waals surface area contributed by atoms with Gasteiger partial charge in [-0.05, 0) is 30.3 Å². The fourth-order valence-corrected chi connectivity index (χ4v) is 2.10. The predicted octanol–water partition coefficient (Wildman–Crippen LogP) is 4.32. The fourth-order valence-electron chi connectivity index (χ4n) is 1.61. The molecule has 0 atom stereocenters. The second kappa shape index (κ2) is 6.74. The van der Waals surface area contributed by atoms with E-state index in [-0.39, 0.29) is 28.0 Å². The summed E-state index contributed by atoms with van der Waals surface area (Å²) in [6, 6.07) is 7.71. The summed E-state index contributed by atoms with van der Waals surface area (Å²) in [4.78, 5) is 11.8. The Kier molecular flexibility index (Phi) is 4.98. The van der Waals surface area contributed by atoms with E-state index < -0.39 is 17.5 Å². The number of para-hydroxylation sites is 1. The number of halogens is 4. The van der Waals surface area contributed by atoms with Gasteiger partial charge < -0.3 is 10.6 Å². The number of nitrogens with one attached hydrogen (secondary N) is 2. The normalized spacial score (nSPS) is 10.3. The summed E-state index contributed by atoms with van der Waals surface area (Å²) >= 11 is 11.8. The number of carbonyl (C=O) groups excluding carboxylic acids is 1. The zero-order valence-electron chi connectivity index (χ0n) is 10.6. The number of hydrogen-bond acceptors (Lipinski definition) is 2. The number of amides is 1. The third kappa shape index (κ3) is 4.06. The molecule has 2 aromatic rings. The second-order valence-corrected chi connectivity index (χ2v) is 4.94. The molecule has 0 radical (unpaired) electrons. The highest BCUT2D eigenvalue weighted by Gasteiger charge is 2.10. The lowest BCUT2D eigenvalue weighted by Crippen LogP contribution is -2.22. The van der Waals surface area contributed by atoms with Crippen molar-refractivity contribution in [2.45, 2.75) is 0 Å². The summed E-state index contributed by atoms with van der Waals surface area (Å²) in [6.07, 6.45) is 0. The first-order chi connectivity index (χ1) is 9.97. The van der Waals surface area contributed by atoms with Crippen LogP contribution in [0, 0.1) is 11.6 Å². The molecule has 0 saturated carbocycles. The fraction of sp³-hybridized carbons (Fsp3) is 0.0714. The van der Waals surface area contributed by atoms with Crippen LogP contribution in [0.5, 0.6) is 0 Å². The van der Waals surface area contributed by atoms with Gasteiger partial charge in [-0.2, -0.15) is 0 Å². The Morgan fingerprint density at radius 1 is 1.10 bits per heavy atom. The Morgan fingerprint density at radius 2 is 1.76 bits per heavy atom. The minimum Gasteiger partial charge on any atom is -0.374 e. The summed E-state index contributed by atoms with van der Waals surface area (Å²) in [5.41, 5.74) is 0.169. The molecule has 1 amide bonds. The van der Waals surface area contributed by atoms with Gasteiger partial charge >= 0.3 is 0 Å². The maximum Gasteiger partial charge on any atom is 0.243 e. The first-order valence-electron chi connectivity index (χ1n) is 5.90. The molecule has 2 rings (SSSR count). The average molecular weight is 331 g/mol. The van der Waals surface area contributed by atoms with Crippen molar-refractivity contribution in [2.75, 3.05) is 17.2 Å². The Morgan fingerprint density at radius 3 is 2.43 bits per heavy atom. The molecular weight excluding hydrogens is 321 g/mol. The topological polar surface area (TPSA) is 41.1 Å². The van der Waals surface area contributed by atoms with E-state index in [0.717, 1.165) is 18.2 Å². The molecule has 2 aromatic carbocycles. The van der Waals surface area contributed by atoms with E-state index in [2.05, 4.69) is 10.6 Å². The number of carbonyl (C=O) groups is 1. The highest BCUT2D eigenvalue weighted by Crippen LogP contribution is 2.29. The van der Waals surface area contributed by atoms with Crippen LogP contribution in [0.25, 0.3) is 0 Å². The van der Waals surface area contributed by atoms with Crippen molar-refractivity contribution in [3.05, 3.63) is 58.1 Å². The predicted molar refractivity (Wildman–Crippen MR) is 79.9 cm³/mol. The van der Waals surface area contributed by atoms with Gasteiger partial charge in [-0.3, -0.25) is 4.79 Å². The number of rotatable bonds is 4. The molecule has 0 aromatic heterocycles. The van der Waals surface area contributed by atoms with Gasteiger partial charge in [0.25, 0.3) is 0 Å². The van der Waals surface area contributed by atoms with Crippen LogP contribution >= 0.6 is 23.2 Å². The Bertz CT molecular complexity index is 660. The van der Waals surface area contributed by atoms with Gasteiger partial charge in [-0.1, -0.05) is 29.3 Å². The van der Waals surface area contributed by atoms with Crippen LogP contribution in [0.1, 0.15) is 0 Å². The summed E-state index contributed by atoms with van der Waals surface area (Å²) in [5, 5.41) is 5.57. The largest absolute Gasteiger partial charge is 0.374 e. The zero-order valence-corrected chi connectivity index (χ0v) is 12.1. The summed E-state index contributed by atoms with van der Waals surface area (Å²) in [6.45, 7) is -0.262. The quantitative estimate of drug-likeness (QED) is 0.876. The summed E-state index contributed by atoms with van der Waals surface area (Å²) < 4.78 is 26.4. The van der Waals surface area contributed by atoms with Crippen LogP contribution in [-0.2, 0) is 4.79 Å². The number of anilines is 2. The van der Waals surface area contributed by atoms with E-state index in [0.29, 0.717) is 0 Å². The lowest BCUT2D eigenvalue weighted by Gasteiger charge is -2.11. The lowest BCUT2D eigenvalue weighted by molar-refractivity contribution is -0.114. The number of benzene rings is 2. The van der Waals surface area contributed by atoms with Crippen LogP contribution < -0.4 is 10.6 Å². The maximum atomic E-state index is 13.4. The van der Waals surface area contributed by atoms with E-state index in [1.807, 2.05) is 0 Å². The van der Waals surface area contributed by atoms with E-state index in [1.54, 1.807) is 18.2 Å². The third-order valence-electron chi connectivity index (χ3n) is 2.59. The van der Waals surface area contributed by atoms with Gasteiger partial charge in [-0.15, -0.1) is 0 Å². The van der Waals surface area contributed by atoms with Crippen molar-refractivity contribution in [3.63, 3.8) is 0 Å². The van der Waals surface area contributed by atoms with Crippen molar-refractivity contribution < 1.29 is 13.6 Å². The third-order valence-corrected chi connectivity index (χ3v) is 3.22. The molecule has 110 valence electrons. The van der Waals surface area contributed by atoms with Gasteiger partial charge in [-0.25, -0.2) is 8.78 Å². The Balaban J connectivity index is 2.01. The van der Waals surface area contributed by atoms with Crippen molar-refractivity contribution in [1.82, 2.24) is 0 Å². The van der Waals surface area contributed by atoms with Crippen molar-refractivity contribution >= 4 is 40.5 Å². The highest BCUT2D eigenvalue weighted by molar-refractivity contribution is 6.39. The second-order valence-electron chi connectivity index (χ2n) is 4.12. The van der Waals surface area contributed by atoms with Gasteiger partial charge in [0.05, 0.1) is 28.0 Å². The van der Waals surface area contributed by atoms with Gasteiger partial charge in [0, 0.05) is 0 Å². The first kappa shape index (κ1) is 15.5. The van der Waals surface area contributed by atoms with Crippen LogP contribution in [0.4, 0.5) is 20.2 Å². The summed E-state index contributed by atoms with van der Waals surface area (Å²) in [5.74, 6) is -1.75. The molecule has 0 saturated heterocycles. The van der Waals surface area contributed by atoms with Crippen molar-refractivity contribution in [1.29, 1.82) is 0 Å². The van der Waals surface area contributed by atoms with Crippen molar-refractivity contribution in [2.24, 2.45) is 0 Å². The highest BCUT2D eigenvalue weighted by atomic mass is 35.5. The van der Waals surface area contributed by atoms with E-state index in [4.69, 9.17) is 23.2 Å². The molecule has 3 nitrogen and oxygen atoms in total. The van der Waals surface area contributed by atoms with Crippen LogP contribution in [0.3, 0.4) is 0 Å². The molecule has 0 aliphatic carbocycles. The van der Waals surface area contributed by atoms with Gasteiger partial charge in [0.15, 0.2) is 0 Å². The van der Waals surface area contributed by atoms with Gasteiger partial charge in [0.2, 0.25) is 5.91 Å². The first-order valence-corrected chi connectivity index (χ1v) is 6.66. The van der Waals surface area contributed by atoms with E-state index in [1.165, 1.54) is 0 Å². The molecule has 0 bridgehead atoms. The maximum absolute atomic E-state index is 13.4. The zero-order chi connectivity index (χ0) is 15.4. The molecule has 21 heavy (non-hydrogen) atoms. The molecule has 0 aliphatic rings. The molecule has 7 heteroatoms. The minimum absolute atomic E-state index is 0.101. The molecule has 0 fully saturated rings. The minimum atomic E-state index is -0.653. The monoisotopic (exact) mass is 330 g/mol. The summed E-state index contributed by atoms with van der Waals surface area (Å²) in [7, 11) is 0. The molecule has 0 spiro atoms. The molecule has 0 aliphatic heterocycles. The van der Waals surface area contributed by atoms with Crippen LogP contribution in [-0.4, -0.2) is 12.5 Å². The smallest absolute Gasteiger partial charge is 0.243 e. The number of hydrogen-bond donors (Lipinski definition) is 2. The Hall–Kier alpha value is -1.85. The standard InChI is InChI=1S/C14H10Cl2F2N2O/c15-9-2-1-3-10(16)14(9)20-13(21)7-19-12-6-8(17)4-5-11(12)18/h1-6,19H,7H2,(H,20,21). The van der Waals surface area contributed by atoms with E-state index >= 15 is 0 Å². The molecular formula is C14H10Cl2F2N2O. The average Bonchev–Trinajstić information content (AvgIpc) is 2.44. The van der Waals surface area contributed by atoms with Crippen molar-refractivity contribution in [3.8, 4) is 0 Å². The van der Waals surface area contributed by atoms with Crippen LogP contribution in [0.15, 0.2) is 36.4 Å². The van der Waals surface area contributed by atoms with Gasteiger partial charge in [0.1, 0.15) is 11.6 Å².